The number of nitrogens with zero attached hydrogens (tertiary/aromatic N) is 5. The van der Waals surface area contributed by atoms with Gasteiger partial charge in [0.05, 0.1) is 30.7 Å². The number of imidazole rings is 1. The lowest BCUT2D eigenvalue weighted by Crippen LogP contribution is -2.42. The smallest absolute Gasteiger partial charge is 0.475 e. The van der Waals surface area contributed by atoms with Gasteiger partial charge in [0.2, 0.25) is 5.95 Å². The van der Waals surface area contributed by atoms with Gasteiger partial charge in [-0.1, -0.05) is 60.7 Å². The van der Waals surface area contributed by atoms with Crippen LogP contribution in [0.5, 0.6) is 0 Å². The third kappa shape index (κ3) is 11.8. The number of ether oxygens (including phenoxy) is 3. The van der Waals surface area contributed by atoms with Crippen LogP contribution in [0, 0.1) is 0 Å². The Hall–Kier alpha value is -5.08. The quantitative estimate of drug-likeness (QED) is 0.122. The summed E-state index contributed by atoms with van der Waals surface area (Å²) in [6, 6.07) is 20.2. The highest BCUT2D eigenvalue weighted by molar-refractivity contribution is 5.84. The molecule has 6 rings (SSSR count). The van der Waals surface area contributed by atoms with Crippen molar-refractivity contribution in [1.29, 1.82) is 0 Å². The zero-order valence-corrected chi connectivity index (χ0v) is 33.6. The number of aliphatic carboxylic acids is 1. The largest absolute Gasteiger partial charge is 0.490 e. The van der Waals surface area contributed by atoms with Gasteiger partial charge in [-0.05, 0) is 59.1 Å². The third-order valence-corrected chi connectivity index (χ3v) is 9.36. The van der Waals surface area contributed by atoms with Gasteiger partial charge in [-0.3, -0.25) is 4.57 Å². The summed E-state index contributed by atoms with van der Waals surface area (Å²) in [6.45, 7) is 12.2. The van der Waals surface area contributed by atoms with E-state index < -0.39 is 60.6 Å². The van der Waals surface area contributed by atoms with Crippen molar-refractivity contribution in [3.05, 3.63) is 78.1 Å². The number of alkyl carbamates (subject to hydrolysis) is 1. The van der Waals surface area contributed by atoms with Gasteiger partial charge in [0.15, 0.2) is 23.2 Å². The van der Waals surface area contributed by atoms with E-state index in [1.54, 1.807) is 4.57 Å². The second-order valence-corrected chi connectivity index (χ2v) is 16.3. The number of carbonyl (C=O) groups is 2. The molecule has 2 aromatic carbocycles. The number of anilines is 2. The van der Waals surface area contributed by atoms with Crippen molar-refractivity contribution in [3.63, 3.8) is 0 Å². The molecule has 2 saturated heterocycles. The highest BCUT2D eigenvalue weighted by Gasteiger charge is 2.45. The van der Waals surface area contributed by atoms with Crippen LogP contribution in [0.1, 0.15) is 71.2 Å². The van der Waals surface area contributed by atoms with E-state index in [0.29, 0.717) is 42.4 Å². The minimum Gasteiger partial charge on any atom is -0.475 e. The van der Waals surface area contributed by atoms with Crippen LogP contribution >= 0.6 is 0 Å². The topological polar surface area (TPSA) is 214 Å². The first-order valence-corrected chi connectivity index (χ1v) is 19.1. The first-order chi connectivity index (χ1) is 27.6. The van der Waals surface area contributed by atoms with E-state index in [1.807, 2.05) is 82.8 Å². The Bertz CT molecular complexity index is 1970. The summed E-state index contributed by atoms with van der Waals surface area (Å²) >= 11 is 0. The number of halogens is 3. The number of nitrogens with one attached hydrogen (secondary N) is 2. The fourth-order valence-corrected chi connectivity index (χ4v) is 6.86. The number of hydrogen-bond donors (Lipinski definition) is 6. The molecule has 2 fully saturated rings. The van der Waals surface area contributed by atoms with Crippen LogP contribution < -0.4 is 15.5 Å². The maximum absolute atomic E-state index is 12.7. The number of amides is 1. The lowest BCUT2D eigenvalue weighted by atomic mass is 9.91. The maximum Gasteiger partial charge on any atom is 0.490 e. The van der Waals surface area contributed by atoms with E-state index in [4.69, 9.17) is 34.1 Å². The average Bonchev–Trinajstić information content (AvgIpc) is 3.84. The van der Waals surface area contributed by atoms with Crippen LogP contribution in [-0.4, -0.2) is 126 Å². The summed E-state index contributed by atoms with van der Waals surface area (Å²) in [6.07, 6.45) is -8.39. The van der Waals surface area contributed by atoms with Gasteiger partial charge in [-0.25, -0.2) is 14.6 Å². The van der Waals surface area contributed by atoms with Crippen LogP contribution in [0.4, 0.5) is 29.7 Å². The summed E-state index contributed by atoms with van der Waals surface area (Å²) < 4.78 is 51.1. The number of fused-ring (bicyclic) bond motifs is 1. The Balaban J connectivity index is 0.000000867. The molecule has 0 bridgehead atoms. The van der Waals surface area contributed by atoms with E-state index in [-0.39, 0.29) is 24.6 Å². The van der Waals surface area contributed by atoms with Crippen molar-refractivity contribution in [2.24, 2.45) is 0 Å². The summed E-state index contributed by atoms with van der Waals surface area (Å²) in [5.74, 6) is -1.97. The molecule has 0 radical (unpaired) electrons. The Morgan fingerprint density at radius 2 is 1.53 bits per heavy atom. The molecule has 16 nitrogen and oxygen atoms in total. The maximum atomic E-state index is 12.7. The molecule has 4 heterocycles. The van der Waals surface area contributed by atoms with Gasteiger partial charge in [0.25, 0.3) is 0 Å². The summed E-state index contributed by atoms with van der Waals surface area (Å²) in [4.78, 5) is 38.3. The summed E-state index contributed by atoms with van der Waals surface area (Å²) in [5.41, 5.74) is 1.97. The van der Waals surface area contributed by atoms with Crippen molar-refractivity contribution >= 4 is 35.0 Å². The molecular weight excluding hydrogens is 779 g/mol. The van der Waals surface area contributed by atoms with E-state index in [9.17, 15) is 33.3 Å². The Kier molecular flexibility index (Phi) is 14.1. The molecule has 19 heteroatoms. The molecule has 2 aliphatic rings. The molecule has 4 aromatic rings. The van der Waals surface area contributed by atoms with Crippen LogP contribution in [-0.2, 0) is 19.0 Å². The van der Waals surface area contributed by atoms with E-state index in [0.717, 1.165) is 11.1 Å². The minimum atomic E-state index is -5.08. The first kappa shape index (κ1) is 45.0. The van der Waals surface area contributed by atoms with E-state index >= 15 is 0 Å². The molecule has 2 aromatic heterocycles. The van der Waals surface area contributed by atoms with Gasteiger partial charge in [-0.15, -0.1) is 0 Å². The fraction of sp³-hybridized carbons (Fsp3) is 0.525. The summed E-state index contributed by atoms with van der Waals surface area (Å²) in [7, 11) is 0. The zero-order valence-electron chi connectivity index (χ0n) is 33.6. The van der Waals surface area contributed by atoms with Gasteiger partial charge in [-0.2, -0.15) is 23.1 Å². The molecule has 0 spiro atoms. The molecule has 0 aliphatic carbocycles. The SMILES string of the molecule is CC(C)(C)OC(=O)NC[C@@H]1C[C@@H](OC(C)(C)C)CN1c1nc(NCC(c2ccccc2)c2ccccc2)c2ncn([C@@H]3O[C@H](CO)[C@@H](O)[C@H]3O)c2n1.O=C(O)C(F)(F)F. The van der Waals surface area contributed by atoms with E-state index in [2.05, 4.69) is 39.9 Å². The van der Waals surface area contributed by atoms with Crippen LogP contribution in [0.25, 0.3) is 11.2 Å². The third-order valence-electron chi connectivity index (χ3n) is 9.36. The Labute approximate surface area is 339 Å². The van der Waals surface area contributed by atoms with Crippen LogP contribution in [0.15, 0.2) is 67.0 Å². The predicted molar refractivity (Wildman–Crippen MR) is 210 cm³/mol. The lowest BCUT2D eigenvalue weighted by Gasteiger charge is -2.27. The molecule has 59 heavy (non-hydrogen) atoms. The molecule has 0 unspecified atom stereocenters. The molecule has 6 N–H and O–H groups in total. The Morgan fingerprint density at radius 1 is 0.932 bits per heavy atom. The number of carbonyl (C=O) groups excluding carboxylic acids is 1. The Morgan fingerprint density at radius 3 is 2.03 bits per heavy atom. The number of aliphatic hydroxyl groups excluding tert-OH is 3. The number of carboxylic acids is 1. The first-order valence-electron chi connectivity index (χ1n) is 19.1. The number of carboxylic acid groups (broad SMARTS) is 1. The monoisotopic (exact) mass is 831 g/mol. The number of alkyl halides is 3. The standard InChI is InChI=1S/C38H51N7O7.C2HF3O2/c1-37(2,3)51-26-17-25(18-40-36(49)52-38(4,5)6)44(20-26)35-42-32(39-19-27(23-13-9-7-10-14-23)24-15-11-8-12-16-24)29-33(43-35)45(22-41-29)34-31(48)30(47)28(21-46)50-34;3-2(4,5)1(6)7/h7-16,22,25-28,30-31,34,46-48H,17-21H2,1-6H3,(H,40,49)(H,39,42,43);(H,6,7)/t25-,26+,28+,30+,31+,34+;/m0./s1. The lowest BCUT2D eigenvalue weighted by molar-refractivity contribution is -0.192. The minimum absolute atomic E-state index is 0.0273. The predicted octanol–water partition coefficient (Wildman–Crippen LogP) is 4.60. The number of aliphatic hydroxyl groups is 3. The molecule has 2 aliphatic heterocycles. The van der Waals surface area contributed by atoms with Gasteiger partial charge in [0, 0.05) is 25.6 Å². The number of hydrogen-bond acceptors (Lipinski definition) is 13. The summed E-state index contributed by atoms with van der Waals surface area (Å²) in [5, 5.41) is 45.0. The highest BCUT2D eigenvalue weighted by atomic mass is 19.4. The van der Waals surface area contributed by atoms with Crippen molar-refractivity contribution in [1.82, 2.24) is 24.8 Å². The molecular formula is C40H52F3N7O9. The van der Waals surface area contributed by atoms with Crippen molar-refractivity contribution in [2.75, 3.05) is 36.5 Å². The van der Waals surface area contributed by atoms with E-state index in [1.165, 1.54) is 6.33 Å². The van der Waals surface area contributed by atoms with Crippen molar-refractivity contribution in [2.45, 2.75) is 108 Å². The van der Waals surface area contributed by atoms with Crippen molar-refractivity contribution in [3.8, 4) is 0 Å². The fourth-order valence-electron chi connectivity index (χ4n) is 6.86. The second-order valence-electron chi connectivity index (χ2n) is 16.3. The van der Waals surface area contributed by atoms with Gasteiger partial charge < -0.3 is 50.2 Å². The number of rotatable bonds is 11. The average molecular weight is 832 g/mol. The normalized spacial score (nSPS) is 22.3. The zero-order chi connectivity index (χ0) is 43.3. The van der Waals surface area contributed by atoms with Crippen molar-refractivity contribution < 1.29 is 57.4 Å². The van der Waals surface area contributed by atoms with Crippen LogP contribution in [0.2, 0.25) is 0 Å². The molecule has 6 atom stereocenters. The molecule has 322 valence electrons. The number of aromatic nitrogens is 4. The molecule has 1 amide bonds. The highest BCUT2D eigenvalue weighted by Crippen LogP contribution is 2.36. The second kappa shape index (κ2) is 18.5. The van der Waals surface area contributed by atoms with Gasteiger partial charge >= 0.3 is 18.2 Å². The molecule has 0 saturated carbocycles. The van der Waals surface area contributed by atoms with Gasteiger partial charge in [0.1, 0.15) is 23.9 Å². The van der Waals surface area contributed by atoms with Crippen LogP contribution in [0.3, 0.4) is 0 Å². The number of benzene rings is 2.